The van der Waals surface area contributed by atoms with Crippen LogP contribution in [0.4, 0.5) is 13.2 Å². The summed E-state index contributed by atoms with van der Waals surface area (Å²) in [4.78, 5) is 15.0. The van der Waals surface area contributed by atoms with E-state index in [0.29, 0.717) is 30.5 Å². The van der Waals surface area contributed by atoms with Crippen LogP contribution in [0.15, 0.2) is 18.2 Å². The smallest absolute Gasteiger partial charge is 0.381 e. The first-order valence-electron chi connectivity index (χ1n) is 14.1. The molecule has 0 radical (unpaired) electrons. The number of nitrogens with one attached hydrogen (secondary N) is 1. The van der Waals surface area contributed by atoms with E-state index in [-0.39, 0.29) is 17.9 Å². The summed E-state index contributed by atoms with van der Waals surface area (Å²) in [5.41, 5.74) is 0.916. The molecule has 0 spiro atoms. The first-order chi connectivity index (χ1) is 17.3. The van der Waals surface area contributed by atoms with Gasteiger partial charge in [0, 0.05) is 31.7 Å². The molecular weight excluding hydrogens is 465 g/mol. The number of rotatable bonds is 4. The van der Waals surface area contributed by atoms with Crippen molar-refractivity contribution in [3.05, 3.63) is 34.9 Å². The first-order valence-corrected chi connectivity index (χ1v) is 14.1. The molecule has 3 unspecified atom stereocenters. The predicted octanol–water partition coefficient (Wildman–Crippen LogP) is 7.41. The van der Waals surface area contributed by atoms with Gasteiger partial charge in [-0.25, -0.2) is 0 Å². The number of alkyl halides is 3. The first kappa shape index (κ1) is 32.4. The summed E-state index contributed by atoms with van der Waals surface area (Å²) in [6.07, 6.45) is 1.08. The average Bonchev–Trinajstić information content (AvgIpc) is 3.40. The van der Waals surface area contributed by atoms with Crippen molar-refractivity contribution in [3.63, 3.8) is 0 Å². The second kappa shape index (κ2) is 16.3. The lowest BCUT2D eigenvalue weighted by atomic mass is 9.90. The minimum atomic E-state index is -4.37. The van der Waals surface area contributed by atoms with Gasteiger partial charge in [-0.05, 0) is 81.2 Å². The Morgan fingerprint density at radius 2 is 1.67 bits per heavy atom. The maximum atomic E-state index is 13.2. The van der Waals surface area contributed by atoms with Crippen molar-refractivity contribution >= 4 is 5.91 Å². The van der Waals surface area contributed by atoms with Crippen LogP contribution in [0, 0.1) is 11.8 Å². The molecule has 1 aromatic rings. The Kier molecular flexibility index (Phi) is 14.7. The number of fused-ring (bicyclic) bond motifs is 1. The lowest BCUT2D eigenvalue weighted by Crippen LogP contribution is -2.42. The molecule has 2 fully saturated rings. The molecule has 1 aromatic carbocycles. The third-order valence-electron chi connectivity index (χ3n) is 7.11. The molecule has 7 heteroatoms. The number of hydrogen-bond donors (Lipinski definition) is 1. The van der Waals surface area contributed by atoms with E-state index in [1.807, 2.05) is 48.5 Å². The Morgan fingerprint density at radius 3 is 2.28 bits per heavy atom. The van der Waals surface area contributed by atoms with Crippen LogP contribution in [0.3, 0.4) is 0 Å². The number of carbonyl (C=O) groups excluding carboxylic acids is 1. The molecule has 1 saturated carbocycles. The standard InChI is InChI=1S/C23H31F3N2O2.3C2H6/c1-15-21-13-19(23(24,25)26)4-2-17(21)6-9-28(15)22(29)18-3-5-20(12-18)27-14-16-7-10-30-11-8-16;3*1-2/h2,4,13,15-16,18,20,27H,3,5-12,14H2,1H3;3*1-2H3. The third kappa shape index (κ3) is 8.76. The maximum Gasteiger partial charge on any atom is 0.416 e. The fraction of sp³-hybridized carbons (Fsp3) is 0.759. The molecular formula is C29H49F3N2O2. The number of hydrogen-bond acceptors (Lipinski definition) is 3. The van der Waals surface area contributed by atoms with Crippen molar-refractivity contribution in [2.75, 3.05) is 26.3 Å². The largest absolute Gasteiger partial charge is 0.416 e. The topological polar surface area (TPSA) is 41.6 Å². The molecule has 1 aliphatic carbocycles. The zero-order valence-corrected chi connectivity index (χ0v) is 23.5. The van der Waals surface area contributed by atoms with Crippen LogP contribution in [0.25, 0.3) is 0 Å². The van der Waals surface area contributed by atoms with Crippen molar-refractivity contribution in [3.8, 4) is 0 Å². The fourth-order valence-corrected chi connectivity index (χ4v) is 5.20. The summed E-state index contributed by atoms with van der Waals surface area (Å²) >= 11 is 0. The lowest BCUT2D eigenvalue weighted by molar-refractivity contribution is -0.138. The van der Waals surface area contributed by atoms with E-state index in [4.69, 9.17) is 4.74 Å². The Bertz CT molecular complexity index is 763. The van der Waals surface area contributed by atoms with Gasteiger partial charge in [0.2, 0.25) is 5.91 Å². The van der Waals surface area contributed by atoms with Gasteiger partial charge in [-0.3, -0.25) is 4.79 Å². The Hall–Kier alpha value is -1.60. The SMILES string of the molecule is CC.CC.CC.CC1c2cc(C(F)(F)F)ccc2CCN1C(=O)C1CCC(NCC2CCOCC2)C1. The molecule has 4 nitrogen and oxygen atoms in total. The molecule has 1 N–H and O–H groups in total. The average molecular weight is 515 g/mol. The van der Waals surface area contributed by atoms with Gasteiger partial charge in [-0.1, -0.05) is 47.6 Å². The van der Waals surface area contributed by atoms with Crippen LogP contribution >= 0.6 is 0 Å². The summed E-state index contributed by atoms with van der Waals surface area (Å²) in [7, 11) is 0. The van der Waals surface area contributed by atoms with Crippen LogP contribution < -0.4 is 5.32 Å². The highest BCUT2D eigenvalue weighted by Crippen LogP contribution is 2.38. The van der Waals surface area contributed by atoms with Crippen LogP contribution in [0.1, 0.15) is 103 Å². The number of nitrogens with zero attached hydrogens (tertiary/aromatic N) is 1. The van der Waals surface area contributed by atoms with Gasteiger partial charge >= 0.3 is 6.18 Å². The van der Waals surface area contributed by atoms with Gasteiger partial charge in [0.05, 0.1) is 11.6 Å². The van der Waals surface area contributed by atoms with Crippen molar-refractivity contribution in [1.82, 2.24) is 10.2 Å². The molecule has 208 valence electrons. The number of amides is 1. The molecule has 1 saturated heterocycles. The fourth-order valence-electron chi connectivity index (χ4n) is 5.20. The van der Waals surface area contributed by atoms with Gasteiger partial charge in [0.1, 0.15) is 0 Å². The summed E-state index contributed by atoms with van der Waals surface area (Å²) in [6.45, 7) is 17.1. The molecule has 3 atom stereocenters. The minimum Gasteiger partial charge on any atom is -0.381 e. The molecule has 2 heterocycles. The van der Waals surface area contributed by atoms with E-state index in [0.717, 1.165) is 63.5 Å². The van der Waals surface area contributed by atoms with Crippen LogP contribution in [0.5, 0.6) is 0 Å². The third-order valence-corrected chi connectivity index (χ3v) is 7.11. The molecule has 3 aliphatic rings. The molecule has 0 aromatic heterocycles. The van der Waals surface area contributed by atoms with E-state index >= 15 is 0 Å². The number of benzene rings is 1. The van der Waals surface area contributed by atoms with Gasteiger partial charge in [-0.15, -0.1) is 0 Å². The zero-order valence-electron chi connectivity index (χ0n) is 23.5. The van der Waals surface area contributed by atoms with Gasteiger partial charge < -0.3 is 15.0 Å². The highest BCUT2D eigenvalue weighted by Gasteiger charge is 2.38. The van der Waals surface area contributed by atoms with Crippen molar-refractivity contribution in [2.24, 2.45) is 11.8 Å². The summed E-state index contributed by atoms with van der Waals surface area (Å²) in [5, 5.41) is 3.64. The quantitative estimate of drug-likeness (QED) is 0.455. The lowest BCUT2D eigenvalue weighted by Gasteiger charge is -2.37. The molecule has 36 heavy (non-hydrogen) atoms. The second-order valence-electron chi connectivity index (χ2n) is 9.04. The summed E-state index contributed by atoms with van der Waals surface area (Å²) in [6, 6.07) is 3.98. The van der Waals surface area contributed by atoms with E-state index in [1.54, 1.807) is 11.0 Å². The second-order valence-corrected chi connectivity index (χ2v) is 9.04. The molecule has 4 rings (SSSR count). The number of ether oxygens (including phenoxy) is 1. The normalized spacial score (nSPS) is 23.7. The van der Waals surface area contributed by atoms with Gasteiger partial charge in [-0.2, -0.15) is 13.2 Å². The highest BCUT2D eigenvalue weighted by molar-refractivity contribution is 5.80. The minimum absolute atomic E-state index is 0.0352. The summed E-state index contributed by atoms with van der Waals surface area (Å²) in [5.74, 6) is 0.711. The monoisotopic (exact) mass is 514 g/mol. The Morgan fingerprint density at radius 1 is 1.03 bits per heavy atom. The summed E-state index contributed by atoms with van der Waals surface area (Å²) < 4.78 is 44.8. The van der Waals surface area contributed by atoms with E-state index in [1.165, 1.54) is 6.07 Å². The van der Waals surface area contributed by atoms with Crippen LogP contribution in [-0.2, 0) is 22.1 Å². The molecule has 2 aliphatic heterocycles. The number of carbonyl (C=O) groups is 1. The maximum absolute atomic E-state index is 13.2. The predicted molar refractivity (Wildman–Crippen MR) is 142 cm³/mol. The Labute approximate surface area is 217 Å². The van der Waals surface area contributed by atoms with Crippen LogP contribution in [0.2, 0.25) is 0 Å². The van der Waals surface area contributed by atoms with Gasteiger partial charge in [0.15, 0.2) is 0 Å². The van der Waals surface area contributed by atoms with Crippen molar-refractivity contribution < 1.29 is 22.7 Å². The van der Waals surface area contributed by atoms with Gasteiger partial charge in [0.25, 0.3) is 0 Å². The van der Waals surface area contributed by atoms with Crippen molar-refractivity contribution in [1.29, 1.82) is 0 Å². The Balaban J connectivity index is 0.00000101. The molecule has 0 bridgehead atoms. The van der Waals surface area contributed by atoms with E-state index < -0.39 is 11.7 Å². The van der Waals surface area contributed by atoms with Crippen molar-refractivity contribution in [2.45, 2.75) is 105 Å². The number of halogens is 3. The highest BCUT2D eigenvalue weighted by atomic mass is 19.4. The van der Waals surface area contributed by atoms with E-state index in [9.17, 15) is 18.0 Å². The zero-order chi connectivity index (χ0) is 27.3. The molecule has 1 amide bonds. The van der Waals surface area contributed by atoms with E-state index in [2.05, 4.69) is 5.32 Å². The van der Waals surface area contributed by atoms with Crippen LogP contribution in [-0.4, -0.2) is 43.2 Å².